The topological polar surface area (TPSA) is 63.7 Å². The molecule has 1 fully saturated rings. The van der Waals surface area contributed by atoms with Gasteiger partial charge in [-0.05, 0) is 41.6 Å². The van der Waals surface area contributed by atoms with E-state index in [9.17, 15) is 13.2 Å². The fourth-order valence-corrected chi connectivity index (χ4v) is 5.51. The summed E-state index contributed by atoms with van der Waals surface area (Å²) in [7, 11) is -3.07. The molecule has 0 bridgehead atoms. The van der Waals surface area contributed by atoms with Gasteiger partial charge in [0.05, 0.1) is 18.1 Å². The number of hydrogen-bond acceptors (Lipinski definition) is 5. The molecule has 1 unspecified atom stereocenters. The van der Waals surface area contributed by atoms with E-state index in [2.05, 4.69) is 6.58 Å². The van der Waals surface area contributed by atoms with Crippen molar-refractivity contribution in [1.82, 2.24) is 4.90 Å². The zero-order chi connectivity index (χ0) is 20.0. The molecule has 2 aromatic rings. The maximum absolute atomic E-state index is 12.9. The van der Waals surface area contributed by atoms with Gasteiger partial charge in [-0.3, -0.25) is 4.79 Å². The van der Waals surface area contributed by atoms with Crippen LogP contribution in [0.5, 0.6) is 5.75 Å². The molecule has 7 heteroatoms. The first-order valence-electron chi connectivity index (χ1n) is 9.02. The van der Waals surface area contributed by atoms with Gasteiger partial charge in [-0.15, -0.1) is 11.3 Å². The quantitative estimate of drug-likeness (QED) is 0.487. The lowest BCUT2D eigenvalue weighted by Gasteiger charge is -2.26. The van der Waals surface area contributed by atoms with Crippen LogP contribution < -0.4 is 4.74 Å². The second-order valence-corrected chi connectivity index (χ2v) is 9.87. The fourth-order valence-electron chi connectivity index (χ4n) is 3.07. The molecular weight excluding hydrogens is 394 g/mol. The number of amides is 1. The minimum atomic E-state index is -3.07. The zero-order valence-corrected chi connectivity index (χ0v) is 17.1. The molecule has 1 saturated heterocycles. The summed E-state index contributed by atoms with van der Waals surface area (Å²) in [4.78, 5) is 15.6. The number of ether oxygens (including phenoxy) is 1. The van der Waals surface area contributed by atoms with Gasteiger partial charge in [0.1, 0.15) is 12.4 Å². The van der Waals surface area contributed by atoms with Gasteiger partial charge in [0.15, 0.2) is 9.84 Å². The molecule has 0 spiro atoms. The highest BCUT2D eigenvalue weighted by atomic mass is 32.2. The molecule has 28 heavy (non-hydrogen) atoms. The van der Waals surface area contributed by atoms with Crippen molar-refractivity contribution in [2.24, 2.45) is 0 Å². The highest BCUT2D eigenvalue weighted by Gasteiger charge is 2.34. The highest BCUT2D eigenvalue weighted by molar-refractivity contribution is 7.91. The molecular formula is C21H23NO4S2. The SMILES string of the molecule is C=CCOc1ccc(/C=C/C(=O)N(Cc2cccs2)C2CCS(=O)(=O)C2)cc1. The number of carbonyl (C=O) groups is 1. The van der Waals surface area contributed by atoms with Crippen molar-refractivity contribution in [3.63, 3.8) is 0 Å². The molecule has 5 nitrogen and oxygen atoms in total. The Kier molecular flexibility index (Phi) is 6.70. The van der Waals surface area contributed by atoms with E-state index in [0.717, 1.165) is 16.2 Å². The van der Waals surface area contributed by atoms with Crippen LogP contribution in [-0.2, 0) is 21.2 Å². The molecule has 1 aliphatic heterocycles. The van der Waals surface area contributed by atoms with Crippen molar-refractivity contribution in [2.75, 3.05) is 18.1 Å². The fraction of sp³-hybridized carbons (Fsp3) is 0.286. The van der Waals surface area contributed by atoms with Crippen LogP contribution in [0.2, 0.25) is 0 Å². The van der Waals surface area contributed by atoms with Gasteiger partial charge in [-0.2, -0.15) is 0 Å². The average Bonchev–Trinajstić information content (AvgIpc) is 3.32. The summed E-state index contributed by atoms with van der Waals surface area (Å²) >= 11 is 1.56. The molecule has 1 aliphatic rings. The van der Waals surface area contributed by atoms with Crippen molar-refractivity contribution in [3.05, 3.63) is 70.9 Å². The minimum absolute atomic E-state index is 0.0350. The van der Waals surface area contributed by atoms with Crippen LogP contribution in [-0.4, -0.2) is 43.4 Å². The molecule has 3 rings (SSSR count). The zero-order valence-electron chi connectivity index (χ0n) is 15.5. The number of rotatable bonds is 8. The van der Waals surface area contributed by atoms with Gasteiger partial charge in [-0.25, -0.2) is 8.42 Å². The Morgan fingerprint density at radius 2 is 2.07 bits per heavy atom. The van der Waals surface area contributed by atoms with Crippen molar-refractivity contribution in [1.29, 1.82) is 0 Å². The van der Waals surface area contributed by atoms with Crippen LogP contribution in [0.25, 0.3) is 6.08 Å². The van der Waals surface area contributed by atoms with Gasteiger partial charge in [0.2, 0.25) is 5.91 Å². The van der Waals surface area contributed by atoms with E-state index in [1.165, 1.54) is 6.08 Å². The van der Waals surface area contributed by atoms with E-state index >= 15 is 0 Å². The summed E-state index contributed by atoms with van der Waals surface area (Å²) in [6.45, 7) is 4.48. The smallest absolute Gasteiger partial charge is 0.247 e. The summed E-state index contributed by atoms with van der Waals surface area (Å²) in [5, 5.41) is 1.95. The first kappa shape index (κ1) is 20.4. The number of carbonyl (C=O) groups excluding carboxylic acids is 1. The maximum Gasteiger partial charge on any atom is 0.247 e. The van der Waals surface area contributed by atoms with E-state index in [1.807, 2.05) is 41.8 Å². The Hall–Kier alpha value is -2.38. The van der Waals surface area contributed by atoms with Crippen molar-refractivity contribution >= 4 is 33.2 Å². The molecule has 0 saturated carbocycles. The monoisotopic (exact) mass is 417 g/mol. The van der Waals surface area contributed by atoms with E-state index < -0.39 is 9.84 Å². The predicted octanol–water partition coefficient (Wildman–Crippen LogP) is 3.54. The summed E-state index contributed by atoms with van der Waals surface area (Å²) in [6.07, 6.45) is 5.42. The van der Waals surface area contributed by atoms with Gasteiger partial charge >= 0.3 is 0 Å². The molecule has 1 amide bonds. The molecule has 1 aromatic heterocycles. The molecule has 2 heterocycles. The number of hydrogen-bond donors (Lipinski definition) is 0. The predicted molar refractivity (Wildman–Crippen MR) is 113 cm³/mol. The molecule has 1 aromatic carbocycles. The van der Waals surface area contributed by atoms with Gasteiger partial charge in [0, 0.05) is 17.0 Å². The van der Waals surface area contributed by atoms with Crippen LogP contribution in [0.1, 0.15) is 16.9 Å². The third-order valence-electron chi connectivity index (χ3n) is 4.50. The minimum Gasteiger partial charge on any atom is -0.490 e. The summed E-state index contributed by atoms with van der Waals surface area (Å²) < 4.78 is 29.2. The summed E-state index contributed by atoms with van der Waals surface area (Å²) in [6, 6.07) is 11.0. The standard InChI is InChI=1S/C21H23NO4S2/c1-2-12-26-19-8-5-17(6-9-19)7-10-21(23)22(15-20-4-3-13-27-20)18-11-14-28(24,25)16-18/h2-10,13,18H,1,11-12,14-16H2/b10-7+. The second-order valence-electron chi connectivity index (χ2n) is 6.60. The molecule has 0 radical (unpaired) electrons. The Balaban J connectivity index is 1.71. The summed E-state index contributed by atoms with van der Waals surface area (Å²) in [5.74, 6) is 0.732. The van der Waals surface area contributed by atoms with Crippen LogP contribution >= 0.6 is 11.3 Å². The number of benzene rings is 1. The van der Waals surface area contributed by atoms with Crippen LogP contribution in [0.4, 0.5) is 0 Å². The third-order valence-corrected chi connectivity index (χ3v) is 7.12. The van der Waals surface area contributed by atoms with E-state index in [4.69, 9.17) is 4.74 Å². The number of sulfone groups is 1. The van der Waals surface area contributed by atoms with E-state index in [0.29, 0.717) is 19.6 Å². The average molecular weight is 418 g/mol. The molecule has 148 valence electrons. The molecule has 0 aliphatic carbocycles. The van der Waals surface area contributed by atoms with E-state index in [1.54, 1.807) is 28.4 Å². The summed E-state index contributed by atoms with van der Waals surface area (Å²) in [5.41, 5.74) is 0.870. The van der Waals surface area contributed by atoms with Gasteiger partial charge < -0.3 is 9.64 Å². The van der Waals surface area contributed by atoms with E-state index in [-0.39, 0.29) is 23.5 Å². The van der Waals surface area contributed by atoms with Crippen molar-refractivity contribution in [2.45, 2.75) is 19.0 Å². The maximum atomic E-state index is 12.9. The Bertz CT molecular complexity index is 931. The second kappa shape index (κ2) is 9.21. The van der Waals surface area contributed by atoms with Crippen LogP contribution in [0.3, 0.4) is 0 Å². The van der Waals surface area contributed by atoms with Crippen LogP contribution in [0, 0.1) is 0 Å². The largest absolute Gasteiger partial charge is 0.490 e. The number of thiophene rings is 1. The third kappa shape index (κ3) is 5.56. The normalized spacial score (nSPS) is 18.2. The molecule has 0 N–H and O–H groups in total. The first-order chi connectivity index (χ1) is 13.5. The Morgan fingerprint density at radius 1 is 1.29 bits per heavy atom. The molecule has 1 atom stereocenters. The van der Waals surface area contributed by atoms with Gasteiger partial charge in [-0.1, -0.05) is 30.9 Å². The Morgan fingerprint density at radius 3 is 2.68 bits per heavy atom. The van der Waals surface area contributed by atoms with Crippen LogP contribution in [0.15, 0.2) is 60.5 Å². The first-order valence-corrected chi connectivity index (χ1v) is 11.7. The van der Waals surface area contributed by atoms with Gasteiger partial charge in [0.25, 0.3) is 0 Å². The Labute approximate surface area is 169 Å². The lowest BCUT2D eigenvalue weighted by atomic mass is 10.1. The lowest BCUT2D eigenvalue weighted by molar-refractivity contribution is -0.128. The van der Waals surface area contributed by atoms with Crippen molar-refractivity contribution in [3.8, 4) is 5.75 Å². The van der Waals surface area contributed by atoms with Crippen molar-refractivity contribution < 1.29 is 17.9 Å². The lowest BCUT2D eigenvalue weighted by Crippen LogP contribution is -2.39. The highest BCUT2D eigenvalue weighted by Crippen LogP contribution is 2.22. The number of nitrogens with zero attached hydrogens (tertiary/aromatic N) is 1.